The summed E-state index contributed by atoms with van der Waals surface area (Å²) in [7, 11) is 2.88. The standard InChI is InChI=1S/C30H31N3O3/c1-35-29-21-28-27(20-25(29)19-26(22-31)30(34)36-2)32(15-13-23-9-5-3-6-10-23)17-18-33(28)16-14-24-11-7-4-8-12-24/h3-12,19-21H,13-18H2,1-2H3/b26-19+. The van der Waals surface area contributed by atoms with E-state index in [9.17, 15) is 10.1 Å². The number of esters is 1. The van der Waals surface area contributed by atoms with Crippen LogP contribution in [0.4, 0.5) is 11.4 Å². The van der Waals surface area contributed by atoms with Crippen molar-refractivity contribution in [2.24, 2.45) is 0 Å². The van der Waals surface area contributed by atoms with Gasteiger partial charge in [-0.3, -0.25) is 0 Å². The van der Waals surface area contributed by atoms with Gasteiger partial charge in [0.25, 0.3) is 0 Å². The summed E-state index contributed by atoms with van der Waals surface area (Å²) in [5.74, 6) is -0.0530. The van der Waals surface area contributed by atoms with Crippen molar-refractivity contribution < 1.29 is 14.3 Å². The molecule has 6 nitrogen and oxygen atoms in total. The minimum Gasteiger partial charge on any atom is -0.496 e. The Kier molecular flexibility index (Phi) is 8.25. The molecule has 0 atom stereocenters. The van der Waals surface area contributed by atoms with Crippen molar-refractivity contribution in [3.8, 4) is 11.8 Å². The Morgan fingerprint density at radius 3 is 1.89 bits per heavy atom. The minimum atomic E-state index is -0.664. The van der Waals surface area contributed by atoms with E-state index < -0.39 is 5.97 Å². The highest BCUT2D eigenvalue weighted by atomic mass is 16.5. The van der Waals surface area contributed by atoms with Crippen LogP contribution in [-0.2, 0) is 22.4 Å². The average molecular weight is 482 g/mol. The van der Waals surface area contributed by atoms with Crippen LogP contribution in [0.5, 0.6) is 5.75 Å². The molecule has 0 spiro atoms. The second-order valence-corrected chi connectivity index (χ2v) is 8.69. The second-order valence-electron chi connectivity index (χ2n) is 8.69. The van der Waals surface area contributed by atoms with Gasteiger partial charge in [-0.15, -0.1) is 0 Å². The van der Waals surface area contributed by atoms with E-state index in [2.05, 4.69) is 58.3 Å². The van der Waals surface area contributed by atoms with E-state index in [4.69, 9.17) is 9.47 Å². The fraction of sp³-hybridized carbons (Fsp3) is 0.267. The fourth-order valence-corrected chi connectivity index (χ4v) is 4.54. The Balaban J connectivity index is 1.68. The number of carbonyl (C=O) groups excluding carboxylic acids is 1. The van der Waals surface area contributed by atoms with Crippen molar-refractivity contribution in [2.75, 3.05) is 50.2 Å². The van der Waals surface area contributed by atoms with E-state index in [0.29, 0.717) is 11.3 Å². The smallest absolute Gasteiger partial charge is 0.348 e. The average Bonchev–Trinajstić information content (AvgIpc) is 2.94. The van der Waals surface area contributed by atoms with Crippen LogP contribution in [0.2, 0.25) is 0 Å². The molecule has 0 amide bonds. The molecule has 0 aliphatic carbocycles. The molecule has 6 heteroatoms. The van der Waals surface area contributed by atoms with Crippen LogP contribution >= 0.6 is 0 Å². The zero-order chi connectivity index (χ0) is 25.3. The summed E-state index contributed by atoms with van der Waals surface area (Å²) in [4.78, 5) is 16.8. The predicted molar refractivity (Wildman–Crippen MR) is 143 cm³/mol. The van der Waals surface area contributed by atoms with Crippen LogP contribution in [0.15, 0.2) is 78.4 Å². The van der Waals surface area contributed by atoms with Crippen molar-refractivity contribution in [3.63, 3.8) is 0 Å². The lowest BCUT2D eigenvalue weighted by Crippen LogP contribution is -2.42. The minimum absolute atomic E-state index is 0.0664. The number of ether oxygens (including phenoxy) is 2. The number of fused-ring (bicyclic) bond motifs is 1. The highest BCUT2D eigenvalue weighted by Crippen LogP contribution is 2.39. The van der Waals surface area contributed by atoms with Gasteiger partial charge in [0.1, 0.15) is 17.4 Å². The van der Waals surface area contributed by atoms with Crippen LogP contribution in [0.1, 0.15) is 16.7 Å². The lowest BCUT2D eigenvalue weighted by atomic mass is 10.0. The quantitative estimate of drug-likeness (QED) is 0.246. The molecule has 0 aromatic heterocycles. The maximum Gasteiger partial charge on any atom is 0.348 e. The molecule has 1 aliphatic rings. The molecule has 0 saturated heterocycles. The Labute approximate surface area is 213 Å². The van der Waals surface area contributed by atoms with Gasteiger partial charge in [0.05, 0.1) is 25.6 Å². The predicted octanol–water partition coefficient (Wildman–Crippen LogP) is 4.89. The first-order valence-electron chi connectivity index (χ1n) is 12.1. The maximum atomic E-state index is 12.1. The molecule has 36 heavy (non-hydrogen) atoms. The Bertz CT molecular complexity index is 1250. The molecule has 0 bridgehead atoms. The molecule has 0 radical (unpaired) electrons. The summed E-state index contributed by atoms with van der Waals surface area (Å²) in [5.41, 5.74) is 5.36. The van der Waals surface area contributed by atoms with E-state index in [0.717, 1.165) is 50.4 Å². The lowest BCUT2D eigenvalue weighted by Gasteiger charge is -2.39. The Morgan fingerprint density at radius 2 is 1.42 bits per heavy atom. The monoisotopic (exact) mass is 481 g/mol. The van der Waals surface area contributed by atoms with E-state index in [1.807, 2.05) is 30.3 Å². The van der Waals surface area contributed by atoms with Crippen LogP contribution in [-0.4, -0.2) is 46.4 Å². The van der Waals surface area contributed by atoms with Gasteiger partial charge in [-0.25, -0.2) is 4.79 Å². The molecule has 1 heterocycles. The largest absolute Gasteiger partial charge is 0.496 e. The molecule has 0 saturated carbocycles. The van der Waals surface area contributed by atoms with Crippen molar-refractivity contribution in [2.45, 2.75) is 12.8 Å². The molecule has 0 unspecified atom stereocenters. The van der Waals surface area contributed by atoms with Crippen LogP contribution in [0, 0.1) is 11.3 Å². The van der Waals surface area contributed by atoms with Crippen LogP contribution in [0.25, 0.3) is 6.08 Å². The molecule has 1 aliphatic heterocycles. The van der Waals surface area contributed by atoms with Crippen molar-refractivity contribution in [1.82, 2.24) is 0 Å². The van der Waals surface area contributed by atoms with Crippen molar-refractivity contribution in [1.29, 1.82) is 5.26 Å². The van der Waals surface area contributed by atoms with Gasteiger partial charge in [0.2, 0.25) is 0 Å². The molecule has 4 rings (SSSR count). The molecule has 3 aromatic rings. The molecule has 3 aromatic carbocycles. The number of hydrogen-bond donors (Lipinski definition) is 0. The number of carbonyl (C=O) groups is 1. The lowest BCUT2D eigenvalue weighted by molar-refractivity contribution is -0.135. The first-order chi connectivity index (χ1) is 17.6. The normalized spacial score (nSPS) is 13.1. The van der Waals surface area contributed by atoms with Gasteiger partial charge in [-0.05, 0) is 36.1 Å². The zero-order valence-electron chi connectivity index (χ0n) is 20.8. The number of methoxy groups -OCH3 is 2. The number of benzene rings is 3. The van der Waals surface area contributed by atoms with Gasteiger partial charge >= 0.3 is 5.97 Å². The Hall–Kier alpha value is -4.24. The van der Waals surface area contributed by atoms with Gasteiger partial charge < -0.3 is 19.3 Å². The molecular weight excluding hydrogens is 450 g/mol. The first-order valence-corrected chi connectivity index (χ1v) is 12.1. The number of rotatable bonds is 9. The number of anilines is 2. The third-order valence-corrected chi connectivity index (χ3v) is 6.50. The van der Waals surface area contributed by atoms with Crippen LogP contribution in [0.3, 0.4) is 0 Å². The number of nitriles is 1. The van der Waals surface area contributed by atoms with Gasteiger partial charge in [-0.1, -0.05) is 60.7 Å². The van der Waals surface area contributed by atoms with Crippen molar-refractivity contribution >= 4 is 23.4 Å². The topological polar surface area (TPSA) is 65.8 Å². The first kappa shape index (κ1) is 24.9. The van der Waals surface area contributed by atoms with E-state index in [1.165, 1.54) is 18.2 Å². The summed E-state index contributed by atoms with van der Waals surface area (Å²) in [6.07, 6.45) is 3.41. The zero-order valence-corrected chi connectivity index (χ0v) is 20.8. The van der Waals surface area contributed by atoms with Gasteiger partial charge in [-0.2, -0.15) is 5.26 Å². The highest BCUT2D eigenvalue weighted by Gasteiger charge is 2.25. The second kappa shape index (κ2) is 11.9. The van der Waals surface area contributed by atoms with Gasteiger partial charge in [0.15, 0.2) is 0 Å². The third-order valence-electron chi connectivity index (χ3n) is 6.50. The SMILES string of the molecule is COC(=O)/C(C#N)=C/c1cc2c(cc1OC)N(CCc1ccccc1)CCN2CCc1ccccc1. The molecule has 184 valence electrons. The highest BCUT2D eigenvalue weighted by molar-refractivity contribution is 5.98. The molecule has 0 N–H and O–H groups in total. The third kappa shape index (κ3) is 5.87. The van der Waals surface area contributed by atoms with Crippen LogP contribution < -0.4 is 14.5 Å². The summed E-state index contributed by atoms with van der Waals surface area (Å²) in [5, 5.41) is 9.49. The Morgan fingerprint density at radius 1 is 0.889 bits per heavy atom. The molecule has 0 fully saturated rings. The maximum absolute atomic E-state index is 12.1. The van der Waals surface area contributed by atoms with E-state index >= 15 is 0 Å². The summed E-state index contributed by atoms with van der Waals surface area (Å²) < 4.78 is 10.5. The summed E-state index contributed by atoms with van der Waals surface area (Å²) in [6, 6.07) is 26.9. The van der Waals surface area contributed by atoms with E-state index in [1.54, 1.807) is 13.2 Å². The molecular formula is C30H31N3O3. The summed E-state index contributed by atoms with van der Waals surface area (Å²) in [6.45, 7) is 3.53. The van der Waals surface area contributed by atoms with Gasteiger partial charge in [0, 0.05) is 37.8 Å². The summed E-state index contributed by atoms with van der Waals surface area (Å²) >= 11 is 0. The number of nitrogens with zero attached hydrogens (tertiary/aromatic N) is 3. The van der Waals surface area contributed by atoms with E-state index in [-0.39, 0.29) is 5.57 Å². The number of hydrogen-bond acceptors (Lipinski definition) is 6. The van der Waals surface area contributed by atoms with Crippen molar-refractivity contribution in [3.05, 3.63) is 95.1 Å². The fourth-order valence-electron chi connectivity index (χ4n) is 4.54.